The van der Waals surface area contributed by atoms with Gasteiger partial charge in [0.2, 0.25) is 5.78 Å². The van der Waals surface area contributed by atoms with Gasteiger partial charge in [-0.25, -0.2) is 0 Å². The third kappa shape index (κ3) is 3.42. The predicted octanol–water partition coefficient (Wildman–Crippen LogP) is 2.16. The van der Waals surface area contributed by atoms with Crippen LogP contribution in [0, 0.1) is 0 Å². The average molecular weight is 217 g/mol. The molecular formula is C12H11NO3. The van der Waals surface area contributed by atoms with Crippen molar-refractivity contribution in [1.82, 2.24) is 0 Å². The molecule has 0 saturated carbocycles. The topological polar surface area (TPSA) is 58.9 Å². The molecule has 0 atom stereocenters. The number of rotatable bonds is 4. The maximum atomic E-state index is 11.4. The van der Waals surface area contributed by atoms with Crippen LogP contribution in [0.2, 0.25) is 0 Å². The second kappa shape index (κ2) is 6.19. The van der Waals surface area contributed by atoms with Crippen molar-refractivity contribution in [2.45, 2.75) is 0 Å². The number of nitrogens with zero attached hydrogens (tertiary/aromatic N) is 1. The summed E-state index contributed by atoms with van der Waals surface area (Å²) in [6, 6.07) is 8.59. The van der Waals surface area contributed by atoms with Gasteiger partial charge in [-0.1, -0.05) is 36.9 Å². The van der Waals surface area contributed by atoms with Crippen molar-refractivity contribution in [2.75, 3.05) is 0 Å². The molecule has 16 heavy (non-hydrogen) atoms. The zero-order chi connectivity index (χ0) is 11.8. The summed E-state index contributed by atoms with van der Waals surface area (Å²) in [7, 11) is 0. The van der Waals surface area contributed by atoms with Crippen LogP contribution in [-0.2, 0) is 4.79 Å². The monoisotopic (exact) mass is 217 g/mol. The molecule has 0 radical (unpaired) electrons. The van der Waals surface area contributed by atoms with Gasteiger partial charge in [-0.05, 0) is 23.4 Å². The maximum Gasteiger partial charge on any atom is 0.303 e. The van der Waals surface area contributed by atoms with Crippen molar-refractivity contribution < 1.29 is 14.7 Å². The molecule has 0 aliphatic heterocycles. The molecule has 0 amide bonds. The molecule has 1 aromatic carbocycles. The zero-order valence-electron chi connectivity index (χ0n) is 8.54. The normalized spacial score (nSPS) is 11.4. The van der Waals surface area contributed by atoms with Gasteiger partial charge in [0, 0.05) is 0 Å². The molecule has 0 aliphatic carbocycles. The fourth-order valence-corrected chi connectivity index (χ4v) is 0.947. The van der Waals surface area contributed by atoms with Crippen molar-refractivity contribution in [2.24, 2.45) is 5.16 Å². The fourth-order valence-electron chi connectivity index (χ4n) is 0.947. The minimum Gasteiger partial charge on any atom is -0.434 e. The number of carbonyl (C=O) groups is 1. The summed E-state index contributed by atoms with van der Waals surface area (Å²) in [4.78, 5) is 11.4. The Morgan fingerprint density at radius 3 is 2.62 bits per heavy atom. The highest BCUT2D eigenvalue weighted by Gasteiger charge is 2.11. The third-order valence-corrected chi connectivity index (χ3v) is 1.64. The van der Waals surface area contributed by atoms with Gasteiger partial charge >= 0.3 is 5.90 Å². The maximum absolute atomic E-state index is 11.4. The van der Waals surface area contributed by atoms with Gasteiger partial charge in [0.25, 0.3) is 0 Å². The van der Waals surface area contributed by atoms with Crippen LogP contribution >= 0.6 is 0 Å². The van der Waals surface area contributed by atoms with Gasteiger partial charge in [0.1, 0.15) is 5.75 Å². The van der Waals surface area contributed by atoms with E-state index in [1.807, 2.05) is 6.07 Å². The number of oxime groups is 1. The number of hydrogen-bond donors (Lipinski definition) is 1. The number of ether oxygens (including phenoxy) is 1. The Balaban J connectivity index is 2.74. The second-order valence-electron chi connectivity index (χ2n) is 2.78. The van der Waals surface area contributed by atoms with Crippen molar-refractivity contribution >= 4 is 11.7 Å². The molecule has 0 spiro atoms. The highest BCUT2D eigenvalue weighted by molar-refractivity contribution is 6.41. The lowest BCUT2D eigenvalue weighted by Crippen LogP contribution is -2.18. The largest absolute Gasteiger partial charge is 0.434 e. The van der Waals surface area contributed by atoms with E-state index in [1.165, 1.54) is 18.2 Å². The lowest BCUT2D eigenvalue weighted by molar-refractivity contribution is -0.109. The van der Waals surface area contributed by atoms with E-state index in [0.29, 0.717) is 5.75 Å². The van der Waals surface area contributed by atoms with E-state index in [2.05, 4.69) is 11.7 Å². The molecule has 0 fully saturated rings. The molecule has 0 bridgehead atoms. The highest BCUT2D eigenvalue weighted by Crippen LogP contribution is 2.09. The Morgan fingerprint density at radius 1 is 1.38 bits per heavy atom. The van der Waals surface area contributed by atoms with Gasteiger partial charge in [-0.3, -0.25) is 4.79 Å². The summed E-state index contributed by atoms with van der Waals surface area (Å²) in [5.41, 5.74) is 0. The summed E-state index contributed by atoms with van der Waals surface area (Å²) in [6.07, 6.45) is 4.07. The average Bonchev–Trinajstić information content (AvgIpc) is 2.34. The number of ketones is 1. The molecule has 4 heteroatoms. The van der Waals surface area contributed by atoms with E-state index < -0.39 is 5.78 Å². The quantitative estimate of drug-likeness (QED) is 0.210. The number of hydrogen-bond acceptors (Lipinski definition) is 4. The Hall–Kier alpha value is -2.36. The number of carbonyl (C=O) groups excluding carboxylic acids is 1. The summed E-state index contributed by atoms with van der Waals surface area (Å²) >= 11 is 0. The summed E-state index contributed by atoms with van der Waals surface area (Å²) < 4.78 is 5.09. The van der Waals surface area contributed by atoms with Crippen molar-refractivity contribution in [3.05, 3.63) is 55.1 Å². The van der Waals surface area contributed by atoms with Crippen LogP contribution in [0.25, 0.3) is 0 Å². The molecule has 0 saturated heterocycles. The highest BCUT2D eigenvalue weighted by atomic mass is 16.5. The number of para-hydroxylation sites is 1. The SMILES string of the molecule is C=C/C=C/C(=O)/C(=N\O)Oc1ccccc1. The Kier molecular flexibility index (Phi) is 4.53. The molecule has 0 unspecified atom stereocenters. The second-order valence-corrected chi connectivity index (χ2v) is 2.78. The van der Waals surface area contributed by atoms with Crippen LogP contribution in [0.5, 0.6) is 5.75 Å². The first-order valence-electron chi connectivity index (χ1n) is 4.56. The van der Waals surface area contributed by atoms with Crippen LogP contribution in [-0.4, -0.2) is 16.9 Å². The van der Waals surface area contributed by atoms with E-state index in [0.717, 1.165) is 0 Å². The number of allylic oxidation sites excluding steroid dienone is 2. The molecule has 4 nitrogen and oxygen atoms in total. The lowest BCUT2D eigenvalue weighted by atomic mass is 10.3. The minimum absolute atomic E-state index is 0.385. The molecule has 1 N–H and O–H groups in total. The molecule has 0 aliphatic rings. The van der Waals surface area contributed by atoms with Crippen molar-refractivity contribution in [1.29, 1.82) is 0 Å². The molecule has 82 valence electrons. The van der Waals surface area contributed by atoms with Crippen LogP contribution in [0.4, 0.5) is 0 Å². The van der Waals surface area contributed by atoms with E-state index >= 15 is 0 Å². The third-order valence-electron chi connectivity index (χ3n) is 1.64. The first-order valence-corrected chi connectivity index (χ1v) is 4.56. The molecule has 0 aromatic heterocycles. The Bertz CT molecular complexity index is 421. The van der Waals surface area contributed by atoms with E-state index in [4.69, 9.17) is 9.94 Å². The van der Waals surface area contributed by atoms with E-state index in [1.54, 1.807) is 24.3 Å². The first kappa shape index (κ1) is 11.7. The van der Waals surface area contributed by atoms with Crippen molar-refractivity contribution in [3.8, 4) is 5.75 Å². The van der Waals surface area contributed by atoms with Gasteiger partial charge in [-0.2, -0.15) is 0 Å². The summed E-state index contributed by atoms with van der Waals surface area (Å²) in [6.45, 7) is 3.42. The van der Waals surface area contributed by atoms with Gasteiger partial charge < -0.3 is 9.94 Å². The summed E-state index contributed by atoms with van der Waals surface area (Å²) in [5, 5.41) is 11.4. The van der Waals surface area contributed by atoms with Crippen LogP contribution in [0.15, 0.2) is 60.3 Å². The van der Waals surface area contributed by atoms with E-state index in [-0.39, 0.29) is 5.90 Å². The zero-order valence-corrected chi connectivity index (χ0v) is 8.54. The predicted molar refractivity (Wildman–Crippen MR) is 60.6 cm³/mol. The Labute approximate surface area is 93.2 Å². The Morgan fingerprint density at radius 2 is 2.06 bits per heavy atom. The van der Waals surface area contributed by atoms with Crippen LogP contribution in [0.3, 0.4) is 0 Å². The summed E-state index contributed by atoms with van der Waals surface area (Å²) in [5.74, 6) is -0.494. The fraction of sp³-hybridized carbons (Fsp3) is 0. The van der Waals surface area contributed by atoms with Gasteiger partial charge in [0.05, 0.1) is 0 Å². The molecule has 1 rings (SSSR count). The smallest absolute Gasteiger partial charge is 0.303 e. The minimum atomic E-state index is -0.536. The van der Waals surface area contributed by atoms with Gasteiger partial charge in [-0.15, -0.1) is 0 Å². The molecule has 0 heterocycles. The van der Waals surface area contributed by atoms with Crippen LogP contribution in [0.1, 0.15) is 0 Å². The van der Waals surface area contributed by atoms with Gasteiger partial charge in [0.15, 0.2) is 0 Å². The van der Waals surface area contributed by atoms with Crippen molar-refractivity contribution in [3.63, 3.8) is 0 Å². The standard InChI is InChI=1S/C12H11NO3/c1-2-3-9-11(14)12(13-15)16-10-7-5-4-6-8-10/h2-9,15H,1H2/b9-3+,13-12+. The molecular weight excluding hydrogens is 206 g/mol. The number of benzene rings is 1. The van der Waals surface area contributed by atoms with Crippen LogP contribution < -0.4 is 4.74 Å². The molecule has 1 aromatic rings. The first-order chi connectivity index (χ1) is 7.77. The lowest BCUT2D eigenvalue weighted by Gasteiger charge is -2.03. The van der Waals surface area contributed by atoms with E-state index in [9.17, 15) is 4.79 Å².